The second kappa shape index (κ2) is 9.07. The average molecular weight is 424 g/mol. The Morgan fingerprint density at radius 3 is 2.43 bits per heavy atom. The van der Waals surface area contributed by atoms with Crippen LogP contribution in [0.1, 0.15) is 5.56 Å². The fraction of sp³-hybridized carbons (Fsp3) is 0.333. The Morgan fingerprint density at radius 1 is 1.07 bits per heavy atom. The Bertz CT molecular complexity index is 937. The minimum Gasteiger partial charge on any atom is -0.399 e. The van der Waals surface area contributed by atoms with Crippen LogP contribution in [0.5, 0.6) is 0 Å². The Hall–Kier alpha value is -2.58. The molecular weight excluding hydrogens is 401 g/mol. The van der Waals surface area contributed by atoms with Gasteiger partial charge in [-0.15, -0.1) is 24.8 Å². The minimum atomic E-state index is 0. The number of benzene rings is 1. The van der Waals surface area contributed by atoms with Gasteiger partial charge in [-0.25, -0.2) is 9.97 Å². The van der Waals surface area contributed by atoms with Gasteiger partial charge in [0.05, 0.1) is 18.0 Å². The molecule has 1 aromatic carbocycles. The number of aromatic nitrogens is 4. The zero-order valence-electron chi connectivity index (χ0n) is 15.5. The maximum atomic E-state index is 12.5. The summed E-state index contributed by atoms with van der Waals surface area (Å²) < 4.78 is 1.74. The van der Waals surface area contributed by atoms with Gasteiger partial charge >= 0.3 is 0 Å². The molecule has 3 aromatic rings. The molecule has 0 spiro atoms. The molecule has 1 aliphatic heterocycles. The van der Waals surface area contributed by atoms with Gasteiger partial charge in [0.25, 0.3) is 0 Å². The third kappa shape index (κ3) is 4.28. The highest BCUT2D eigenvalue weighted by Gasteiger charge is 2.23. The molecule has 1 saturated heterocycles. The maximum Gasteiger partial charge on any atom is 0.227 e. The van der Waals surface area contributed by atoms with Gasteiger partial charge < -0.3 is 15.5 Å². The molecule has 10 heteroatoms. The van der Waals surface area contributed by atoms with Crippen molar-refractivity contribution in [1.82, 2.24) is 24.6 Å². The Morgan fingerprint density at radius 2 is 1.75 bits per heavy atom. The van der Waals surface area contributed by atoms with Gasteiger partial charge in [-0.05, 0) is 17.7 Å². The molecule has 0 atom stereocenters. The van der Waals surface area contributed by atoms with E-state index in [4.69, 9.17) is 5.73 Å². The number of fused-ring (bicyclic) bond motifs is 1. The first kappa shape index (κ1) is 21.7. The summed E-state index contributed by atoms with van der Waals surface area (Å²) in [6.45, 7) is 2.85. The second-order valence-corrected chi connectivity index (χ2v) is 6.49. The topological polar surface area (TPSA) is 93.2 Å². The van der Waals surface area contributed by atoms with E-state index in [0.717, 1.165) is 35.5 Å². The monoisotopic (exact) mass is 423 g/mol. The SMILES string of the molecule is Cl.Cl.Cn1ncc2c(N3CCN(C(=O)Cc4ccc(N)cc4)CC3)ncnc21. The summed E-state index contributed by atoms with van der Waals surface area (Å²) in [5.41, 5.74) is 8.21. The molecule has 8 nitrogen and oxygen atoms in total. The van der Waals surface area contributed by atoms with Crippen molar-refractivity contribution in [2.75, 3.05) is 36.8 Å². The summed E-state index contributed by atoms with van der Waals surface area (Å²) in [6, 6.07) is 7.47. The maximum absolute atomic E-state index is 12.5. The lowest BCUT2D eigenvalue weighted by molar-refractivity contribution is -0.130. The Balaban J connectivity index is 0.00000140. The van der Waals surface area contributed by atoms with Crippen molar-refractivity contribution in [2.24, 2.45) is 7.05 Å². The van der Waals surface area contributed by atoms with E-state index in [1.54, 1.807) is 17.2 Å². The summed E-state index contributed by atoms with van der Waals surface area (Å²) in [4.78, 5) is 25.4. The molecule has 4 rings (SSSR count). The molecule has 0 unspecified atom stereocenters. The number of carbonyl (C=O) groups is 1. The molecule has 2 N–H and O–H groups in total. The molecule has 150 valence electrons. The number of hydrogen-bond donors (Lipinski definition) is 1. The number of carbonyl (C=O) groups excluding carboxylic acids is 1. The van der Waals surface area contributed by atoms with Gasteiger partial charge in [0, 0.05) is 38.9 Å². The first-order valence-electron chi connectivity index (χ1n) is 8.61. The Labute approximate surface area is 175 Å². The lowest BCUT2D eigenvalue weighted by Crippen LogP contribution is -2.49. The number of nitrogens with zero attached hydrogens (tertiary/aromatic N) is 6. The molecule has 3 heterocycles. The first-order valence-corrected chi connectivity index (χ1v) is 8.61. The molecule has 2 aromatic heterocycles. The van der Waals surface area contributed by atoms with Crippen LogP contribution in [0.15, 0.2) is 36.8 Å². The fourth-order valence-corrected chi connectivity index (χ4v) is 3.29. The number of amides is 1. The van der Waals surface area contributed by atoms with Crippen LogP contribution in [-0.4, -0.2) is 56.7 Å². The van der Waals surface area contributed by atoms with Crippen LogP contribution < -0.4 is 10.6 Å². The largest absolute Gasteiger partial charge is 0.399 e. The van der Waals surface area contributed by atoms with Crippen molar-refractivity contribution < 1.29 is 4.79 Å². The number of nitrogen functional groups attached to an aromatic ring is 1. The van der Waals surface area contributed by atoms with Crippen LogP contribution in [-0.2, 0) is 18.3 Å². The van der Waals surface area contributed by atoms with Crippen molar-refractivity contribution in [1.29, 1.82) is 0 Å². The van der Waals surface area contributed by atoms with Crippen molar-refractivity contribution >= 4 is 53.3 Å². The number of hydrogen-bond acceptors (Lipinski definition) is 6. The van der Waals surface area contributed by atoms with E-state index in [2.05, 4.69) is 20.0 Å². The van der Waals surface area contributed by atoms with Crippen molar-refractivity contribution in [3.8, 4) is 0 Å². The lowest BCUT2D eigenvalue weighted by Gasteiger charge is -2.35. The summed E-state index contributed by atoms with van der Waals surface area (Å²) in [5.74, 6) is 1.03. The van der Waals surface area contributed by atoms with Crippen LogP contribution in [0.4, 0.5) is 11.5 Å². The van der Waals surface area contributed by atoms with Crippen LogP contribution >= 0.6 is 24.8 Å². The van der Waals surface area contributed by atoms with Crippen LogP contribution in [0.2, 0.25) is 0 Å². The molecule has 1 fully saturated rings. The summed E-state index contributed by atoms with van der Waals surface area (Å²) in [5, 5.41) is 5.20. The average Bonchev–Trinajstić information content (AvgIpc) is 3.05. The van der Waals surface area contributed by atoms with E-state index in [9.17, 15) is 4.79 Å². The van der Waals surface area contributed by atoms with Crippen LogP contribution in [0.3, 0.4) is 0 Å². The molecule has 0 bridgehead atoms. The second-order valence-electron chi connectivity index (χ2n) is 6.49. The van der Waals surface area contributed by atoms with Crippen LogP contribution in [0, 0.1) is 0 Å². The number of anilines is 2. The molecule has 0 radical (unpaired) electrons. The first-order chi connectivity index (χ1) is 12.6. The van der Waals surface area contributed by atoms with Gasteiger partial charge in [0.1, 0.15) is 12.1 Å². The van der Waals surface area contributed by atoms with Crippen molar-refractivity contribution in [2.45, 2.75) is 6.42 Å². The standard InChI is InChI=1S/C18H21N7O.2ClH/c1-23-17-15(11-22-23)18(21-12-20-17)25-8-6-24(7-9-25)16(26)10-13-2-4-14(19)5-3-13;;/h2-5,11-12H,6-10,19H2,1H3;2*1H. The molecular formula is C18H23Cl2N7O. The fourth-order valence-electron chi connectivity index (χ4n) is 3.29. The van der Waals surface area contributed by atoms with E-state index in [0.29, 0.717) is 25.2 Å². The highest BCUT2D eigenvalue weighted by atomic mass is 35.5. The van der Waals surface area contributed by atoms with E-state index in [1.807, 2.05) is 36.2 Å². The lowest BCUT2D eigenvalue weighted by atomic mass is 10.1. The van der Waals surface area contributed by atoms with E-state index in [-0.39, 0.29) is 30.7 Å². The zero-order valence-corrected chi connectivity index (χ0v) is 17.1. The normalized spacial score (nSPS) is 13.8. The molecule has 0 aliphatic carbocycles. The minimum absolute atomic E-state index is 0. The summed E-state index contributed by atoms with van der Waals surface area (Å²) in [6.07, 6.45) is 3.77. The van der Waals surface area contributed by atoms with E-state index < -0.39 is 0 Å². The van der Waals surface area contributed by atoms with E-state index in [1.165, 1.54) is 0 Å². The molecule has 1 aliphatic rings. The van der Waals surface area contributed by atoms with Gasteiger partial charge in [-0.2, -0.15) is 5.10 Å². The third-order valence-electron chi connectivity index (χ3n) is 4.78. The van der Waals surface area contributed by atoms with Gasteiger partial charge in [0.2, 0.25) is 5.91 Å². The number of halogens is 2. The molecule has 1 amide bonds. The molecule has 28 heavy (non-hydrogen) atoms. The smallest absolute Gasteiger partial charge is 0.227 e. The number of aryl methyl sites for hydroxylation is 1. The predicted octanol–water partition coefficient (Wildman–Crippen LogP) is 1.68. The summed E-state index contributed by atoms with van der Waals surface area (Å²) >= 11 is 0. The van der Waals surface area contributed by atoms with Gasteiger partial charge in [-0.1, -0.05) is 12.1 Å². The van der Waals surface area contributed by atoms with Crippen LogP contribution in [0.25, 0.3) is 11.0 Å². The zero-order chi connectivity index (χ0) is 18.1. The van der Waals surface area contributed by atoms with Crippen molar-refractivity contribution in [3.63, 3.8) is 0 Å². The predicted molar refractivity (Wildman–Crippen MR) is 114 cm³/mol. The number of piperazine rings is 1. The number of nitrogens with two attached hydrogens (primary N) is 1. The van der Waals surface area contributed by atoms with E-state index >= 15 is 0 Å². The third-order valence-corrected chi connectivity index (χ3v) is 4.78. The van der Waals surface area contributed by atoms with Crippen molar-refractivity contribution in [3.05, 3.63) is 42.4 Å². The number of rotatable bonds is 3. The molecule has 0 saturated carbocycles. The quantitative estimate of drug-likeness (QED) is 0.644. The van der Waals surface area contributed by atoms with Gasteiger partial charge in [0.15, 0.2) is 5.65 Å². The van der Waals surface area contributed by atoms with Gasteiger partial charge in [-0.3, -0.25) is 9.48 Å². The highest BCUT2D eigenvalue weighted by Crippen LogP contribution is 2.23. The highest BCUT2D eigenvalue weighted by molar-refractivity contribution is 5.87. The Kier molecular flexibility index (Phi) is 7.04. The summed E-state index contributed by atoms with van der Waals surface area (Å²) in [7, 11) is 1.87.